The number of anilines is 3. The zero-order valence-corrected chi connectivity index (χ0v) is 11.7. The number of hydrogen-bond donors (Lipinski definition) is 4. The van der Waals surface area contributed by atoms with Crippen molar-refractivity contribution in [1.82, 2.24) is 15.0 Å². The molecule has 0 atom stereocenters. The normalized spacial score (nSPS) is 14.6. The fraction of sp³-hybridized carbons (Fsp3) is 0.750. The molecule has 0 aromatic carbocycles. The number of unbranched alkanes of at least 4 members (excludes halogenated alkanes) is 2. The molecule has 20 heavy (non-hydrogen) atoms. The smallest absolute Gasteiger partial charge is 0.243 e. The summed E-state index contributed by atoms with van der Waals surface area (Å²) >= 11 is 0. The van der Waals surface area contributed by atoms with E-state index in [1.165, 1.54) is 12.8 Å². The van der Waals surface area contributed by atoms with Gasteiger partial charge in [0, 0.05) is 26.2 Å². The van der Waals surface area contributed by atoms with E-state index in [0.717, 1.165) is 38.9 Å². The van der Waals surface area contributed by atoms with Crippen LogP contribution in [0.2, 0.25) is 0 Å². The van der Waals surface area contributed by atoms with Gasteiger partial charge in [-0.05, 0) is 32.1 Å². The van der Waals surface area contributed by atoms with E-state index in [0.29, 0.717) is 17.8 Å². The zero-order chi connectivity index (χ0) is 14.2. The van der Waals surface area contributed by atoms with Gasteiger partial charge in [-0.25, -0.2) is 5.84 Å². The van der Waals surface area contributed by atoms with Gasteiger partial charge in [-0.1, -0.05) is 0 Å². The molecule has 0 aliphatic carbocycles. The van der Waals surface area contributed by atoms with Crippen LogP contribution in [0, 0.1) is 0 Å². The van der Waals surface area contributed by atoms with Gasteiger partial charge in [-0.2, -0.15) is 15.0 Å². The van der Waals surface area contributed by atoms with Crippen LogP contribution in [0.4, 0.5) is 17.8 Å². The molecule has 5 N–H and O–H groups in total. The van der Waals surface area contributed by atoms with Crippen LogP contribution in [0.5, 0.6) is 0 Å². The van der Waals surface area contributed by atoms with Crippen LogP contribution in [0.3, 0.4) is 0 Å². The molecule has 1 aliphatic heterocycles. The standard InChI is InChI=1S/C12H23N7O/c13-18-11-15-10(14-6-2-1-5-9-20)16-12(17-11)19-7-3-4-8-19/h20H,1-9,13H2,(H2,14,15,16,17,18). The summed E-state index contributed by atoms with van der Waals surface area (Å²) in [5.74, 6) is 6.99. The Bertz CT molecular complexity index is 409. The number of nitrogen functional groups attached to an aromatic ring is 1. The predicted molar refractivity (Wildman–Crippen MR) is 78.5 cm³/mol. The highest BCUT2D eigenvalue weighted by atomic mass is 16.2. The van der Waals surface area contributed by atoms with Crippen molar-refractivity contribution in [2.24, 2.45) is 5.84 Å². The molecule has 0 saturated carbocycles. The number of hydrogen-bond acceptors (Lipinski definition) is 8. The fourth-order valence-electron chi connectivity index (χ4n) is 2.18. The third-order valence-electron chi connectivity index (χ3n) is 3.26. The molecule has 0 bridgehead atoms. The monoisotopic (exact) mass is 281 g/mol. The topological polar surface area (TPSA) is 112 Å². The highest BCUT2D eigenvalue weighted by Gasteiger charge is 2.17. The number of rotatable bonds is 8. The van der Waals surface area contributed by atoms with Crippen molar-refractivity contribution < 1.29 is 5.11 Å². The average molecular weight is 281 g/mol. The summed E-state index contributed by atoms with van der Waals surface area (Å²) in [7, 11) is 0. The fourth-order valence-corrected chi connectivity index (χ4v) is 2.18. The summed E-state index contributed by atoms with van der Waals surface area (Å²) in [4.78, 5) is 15.0. The lowest BCUT2D eigenvalue weighted by Gasteiger charge is -2.16. The van der Waals surface area contributed by atoms with Gasteiger partial charge in [0.2, 0.25) is 17.8 Å². The van der Waals surface area contributed by atoms with Crippen LogP contribution in [-0.4, -0.2) is 46.3 Å². The molecule has 112 valence electrons. The Hall–Kier alpha value is -1.67. The van der Waals surface area contributed by atoms with E-state index in [9.17, 15) is 0 Å². The Kier molecular flexibility index (Phi) is 5.75. The predicted octanol–water partition coefficient (Wildman–Crippen LogP) is 0.332. The first-order valence-electron chi connectivity index (χ1n) is 7.16. The van der Waals surface area contributed by atoms with Crippen LogP contribution in [0.25, 0.3) is 0 Å². The lowest BCUT2D eigenvalue weighted by molar-refractivity contribution is 0.283. The maximum Gasteiger partial charge on any atom is 0.243 e. The van der Waals surface area contributed by atoms with Crippen LogP contribution in [0.15, 0.2) is 0 Å². The molecule has 0 spiro atoms. The highest BCUT2D eigenvalue weighted by Crippen LogP contribution is 2.18. The van der Waals surface area contributed by atoms with E-state index < -0.39 is 0 Å². The zero-order valence-electron chi connectivity index (χ0n) is 11.7. The van der Waals surface area contributed by atoms with E-state index in [-0.39, 0.29) is 6.61 Å². The first-order chi connectivity index (χ1) is 9.83. The molecule has 2 rings (SSSR count). The van der Waals surface area contributed by atoms with Crippen LogP contribution in [-0.2, 0) is 0 Å². The molecule has 0 unspecified atom stereocenters. The van der Waals surface area contributed by atoms with Gasteiger partial charge >= 0.3 is 0 Å². The van der Waals surface area contributed by atoms with E-state index >= 15 is 0 Å². The van der Waals surface area contributed by atoms with Crippen LogP contribution in [0.1, 0.15) is 32.1 Å². The minimum atomic E-state index is 0.242. The number of aliphatic hydroxyl groups is 1. The molecule has 8 nitrogen and oxygen atoms in total. The van der Waals surface area contributed by atoms with Crippen molar-refractivity contribution in [3.8, 4) is 0 Å². The van der Waals surface area contributed by atoms with E-state index in [1.807, 2.05) is 0 Å². The highest BCUT2D eigenvalue weighted by molar-refractivity contribution is 5.43. The van der Waals surface area contributed by atoms with Crippen molar-refractivity contribution in [2.75, 3.05) is 41.9 Å². The molecule has 1 aliphatic rings. The number of nitrogens with one attached hydrogen (secondary N) is 2. The Balaban J connectivity index is 1.94. The summed E-state index contributed by atoms with van der Waals surface area (Å²) in [6.45, 7) is 2.97. The van der Waals surface area contributed by atoms with Crippen LogP contribution >= 0.6 is 0 Å². The Morgan fingerprint density at radius 3 is 2.50 bits per heavy atom. The third-order valence-corrected chi connectivity index (χ3v) is 3.26. The van der Waals surface area contributed by atoms with Gasteiger partial charge in [0.25, 0.3) is 0 Å². The molecule has 1 saturated heterocycles. The van der Waals surface area contributed by atoms with E-state index in [2.05, 4.69) is 30.6 Å². The molecule has 0 radical (unpaired) electrons. The Labute approximate surface area is 118 Å². The molecular weight excluding hydrogens is 258 g/mol. The van der Waals surface area contributed by atoms with Gasteiger partial charge in [-0.3, -0.25) is 5.43 Å². The van der Waals surface area contributed by atoms with Gasteiger partial charge in [-0.15, -0.1) is 0 Å². The van der Waals surface area contributed by atoms with Crippen molar-refractivity contribution in [3.63, 3.8) is 0 Å². The Morgan fingerprint density at radius 2 is 1.80 bits per heavy atom. The molecule has 1 aromatic heterocycles. The number of aromatic nitrogens is 3. The lowest BCUT2D eigenvalue weighted by Crippen LogP contribution is -2.23. The first-order valence-corrected chi connectivity index (χ1v) is 7.16. The summed E-state index contributed by atoms with van der Waals surface area (Å²) in [6, 6.07) is 0. The van der Waals surface area contributed by atoms with Crippen molar-refractivity contribution >= 4 is 17.8 Å². The molecule has 1 fully saturated rings. The second-order valence-electron chi connectivity index (χ2n) is 4.83. The molecule has 2 heterocycles. The second-order valence-corrected chi connectivity index (χ2v) is 4.83. The van der Waals surface area contributed by atoms with Gasteiger partial charge in [0.15, 0.2) is 0 Å². The largest absolute Gasteiger partial charge is 0.396 e. The lowest BCUT2D eigenvalue weighted by atomic mass is 10.2. The number of nitrogens with two attached hydrogens (primary N) is 1. The summed E-state index contributed by atoms with van der Waals surface area (Å²) in [5.41, 5.74) is 2.48. The van der Waals surface area contributed by atoms with Crippen molar-refractivity contribution in [1.29, 1.82) is 0 Å². The maximum atomic E-state index is 8.73. The minimum absolute atomic E-state index is 0.242. The van der Waals surface area contributed by atoms with Crippen molar-refractivity contribution in [2.45, 2.75) is 32.1 Å². The SMILES string of the molecule is NNc1nc(NCCCCCO)nc(N2CCCC2)n1. The number of aliphatic hydroxyl groups excluding tert-OH is 1. The van der Waals surface area contributed by atoms with Gasteiger partial charge in [0.05, 0.1) is 0 Å². The maximum absolute atomic E-state index is 8.73. The van der Waals surface area contributed by atoms with Gasteiger partial charge < -0.3 is 15.3 Å². The number of nitrogens with zero attached hydrogens (tertiary/aromatic N) is 4. The first kappa shape index (κ1) is 14.7. The van der Waals surface area contributed by atoms with Gasteiger partial charge in [0.1, 0.15) is 0 Å². The van der Waals surface area contributed by atoms with Crippen LogP contribution < -0.4 is 21.5 Å². The average Bonchev–Trinajstić information content (AvgIpc) is 3.01. The van der Waals surface area contributed by atoms with E-state index in [1.54, 1.807) is 0 Å². The van der Waals surface area contributed by atoms with E-state index in [4.69, 9.17) is 10.9 Å². The Morgan fingerprint density at radius 1 is 1.05 bits per heavy atom. The second kappa shape index (κ2) is 7.81. The summed E-state index contributed by atoms with van der Waals surface area (Å²) in [5, 5.41) is 11.9. The molecule has 0 amide bonds. The quantitative estimate of drug-likeness (QED) is 0.306. The third kappa shape index (κ3) is 4.17. The van der Waals surface area contributed by atoms with Crippen molar-refractivity contribution in [3.05, 3.63) is 0 Å². The summed E-state index contributed by atoms with van der Waals surface area (Å²) < 4.78 is 0. The summed E-state index contributed by atoms with van der Waals surface area (Å²) in [6.07, 6.45) is 5.11. The minimum Gasteiger partial charge on any atom is -0.396 e. The molecule has 8 heteroatoms. The molecule has 1 aromatic rings. The molecular formula is C12H23N7O. The number of hydrazine groups is 1.